The van der Waals surface area contributed by atoms with E-state index in [9.17, 15) is 4.39 Å². The molecule has 2 aliphatic heterocycles. The fraction of sp³-hybridized carbons (Fsp3) is 0.500. The lowest BCUT2D eigenvalue weighted by Crippen LogP contribution is -2.44. The summed E-state index contributed by atoms with van der Waals surface area (Å²) in [5.74, 6) is -0.353. The van der Waals surface area contributed by atoms with Crippen LogP contribution in [0.2, 0.25) is 0 Å². The second-order valence-corrected chi connectivity index (χ2v) is 6.64. The topological polar surface area (TPSA) is 47.7 Å². The van der Waals surface area contributed by atoms with Gasteiger partial charge in [-0.05, 0) is 31.0 Å². The maximum atomic E-state index is 13.7. The third-order valence-corrected chi connectivity index (χ3v) is 4.93. The highest BCUT2D eigenvalue weighted by Crippen LogP contribution is 2.37. The first kappa shape index (κ1) is 15.6. The SMILES string of the molecule is Fc1cccnc1O[C@H]1COC2(CCN(Cc3ccoc3)CC2)C1. The van der Waals surface area contributed by atoms with Crippen LogP contribution in [0.15, 0.2) is 41.3 Å². The van der Waals surface area contributed by atoms with Gasteiger partial charge in [-0.25, -0.2) is 9.37 Å². The van der Waals surface area contributed by atoms with E-state index < -0.39 is 5.82 Å². The Morgan fingerprint density at radius 2 is 2.21 bits per heavy atom. The van der Waals surface area contributed by atoms with Crippen molar-refractivity contribution in [1.29, 1.82) is 0 Å². The molecule has 0 bridgehead atoms. The summed E-state index contributed by atoms with van der Waals surface area (Å²) >= 11 is 0. The minimum Gasteiger partial charge on any atom is -0.472 e. The van der Waals surface area contributed by atoms with Gasteiger partial charge in [0.25, 0.3) is 5.88 Å². The van der Waals surface area contributed by atoms with Gasteiger partial charge in [0.2, 0.25) is 0 Å². The van der Waals surface area contributed by atoms with E-state index in [4.69, 9.17) is 13.9 Å². The normalized spacial score (nSPS) is 23.6. The van der Waals surface area contributed by atoms with Crippen LogP contribution in [0.1, 0.15) is 24.8 Å². The van der Waals surface area contributed by atoms with E-state index in [0.29, 0.717) is 6.61 Å². The van der Waals surface area contributed by atoms with Gasteiger partial charge in [0.15, 0.2) is 5.82 Å². The summed E-state index contributed by atoms with van der Waals surface area (Å²) in [5.41, 5.74) is 1.06. The quantitative estimate of drug-likeness (QED) is 0.861. The van der Waals surface area contributed by atoms with Crippen molar-refractivity contribution in [3.05, 3.63) is 48.3 Å². The molecule has 2 fully saturated rings. The standard InChI is InChI=1S/C18H21FN2O3/c19-16-2-1-6-20-17(16)24-15-10-18(23-13-15)4-7-21(8-5-18)11-14-3-9-22-12-14/h1-3,6,9,12,15H,4-5,7-8,10-11,13H2/t15-/m1/s1. The van der Waals surface area contributed by atoms with Crippen LogP contribution in [0.3, 0.4) is 0 Å². The molecule has 1 spiro atoms. The zero-order valence-electron chi connectivity index (χ0n) is 13.5. The zero-order chi connectivity index (χ0) is 16.4. The van der Waals surface area contributed by atoms with Crippen LogP contribution in [0.4, 0.5) is 4.39 Å². The Morgan fingerprint density at radius 3 is 2.96 bits per heavy atom. The molecule has 4 rings (SSSR count). The second-order valence-electron chi connectivity index (χ2n) is 6.64. The van der Waals surface area contributed by atoms with Gasteiger partial charge in [-0.3, -0.25) is 4.90 Å². The fourth-order valence-electron chi connectivity index (χ4n) is 3.60. The maximum Gasteiger partial charge on any atom is 0.250 e. The number of rotatable bonds is 4. The molecule has 0 saturated carbocycles. The van der Waals surface area contributed by atoms with Gasteiger partial charge in [0.05, 0.1) is 24.7 Å². The Bertz CT molecular complexity index is 669. The van der Waals surface area contributed by atoms with E-state index >= 15 is 0 Å². The van der Waals surface area contributed by atoms with E-state index in [0.717, 1.165) is 38.9 Å². The Balaban J connectivity index is 1.31. The maximum absolute atomic E-state index is 13.7. The molecule has 2 aromatic rings. The molecule has 0 aliphatic carbocycles. The van der Waals surface area contributed by atoms with Crippen LogP contribution in [0.25, 0.3) is 0 Å². The summed E-state index contributed by atoms with van der Waals surface area (Å²) in [7, 11) is 0. The molecule has 2 aliphatic rings. The van der Waals surface area contributed by atoms with E-state index in [2.05, 4.69) is 9.88 Å². The first-order valence-electron chi connectivity index (χ1n) is 8.37. The molecule has 2 saturated heterocycles. The monoisotopic (exact) mass is 332 g/mol. The highest BCUT2D eigenvalue weighted by atomic mass is 19.1. The van der Waals surface area contributed by atoms with Crippen molar-refractivity contribution in [2.45, 2.75) is 37.5 Å². The molecule has 0 aromatic carbocycles. The summed E-state index contributed by atoms with van der Waals surface area (Å²) < 4.78 is 30.6. The number of nitrogens with zero attached hydrogens (tertiary/aromatic N) is 2. The average Bonchev–Trinajstić information content (AvgIpc) is 3.23. The van der Waals surface area contributed by atoms with Gasteiger partial charge in [0, 0.05) is 37.8 Å². The molecule has 4 heterocycles. The zero-order valence-corrected chi connectivity index (χ0v) is 13.5. The number of pyridine rings is 1. The largest absolute Gasteiger partial charge is 0.472 e. The fourth-order valence-corrected chi connectivity index (χ4v) is 3.60. The van der Waals surface area contributed by atoms with Gasteiger partial charge in [-0.2, -0.15) is 0 Å². The number of halogens is 1. The van der Waals surface area contributed by atoms with Gasteiger partial charge in [-0.1, -0.05) is 0 Å². The third kappa shape index (κ3) is 3.30. The number of hydrogen-bond donors (Lipinski definition) is 0. The van der Waals surface area contributed by atoms with Gasteiger partial charge in [0.1, 0.15) is 6.10 Å². The number of piperidine rings is 1. The van der Waals surface area contributed by atoms with E-state index in [-0.39, 0.29) is 17.6 Å². The van der Waals surface area contributed by atoms with Crippen molar-refractivity contribution >= 4 is 0 Å². The third-order valence-electron chi connectivity index (χ3n) is 4.93. The number of likely N-dealkylation sites (tertiary alicyclic amines) is 1. The van der Waals surface area contributed by atoms with Gasteiger partial charge in [-0.15, -0.1) is 0 Å². The lowest BCUT2D eigenvalue weighted by Gasteiger charge is -2.38. The smallest absolute Gasteiger partial charge is 0.250 e. The van der Waals surface area contributed by atoms with Gasteiger partial charge < -0.3 is 13.9 Å². The van der Waals surface area contributed by atoms with E-state index in [1.165, 1.54) is 11.6 Å². The Morgan fingerprint density at radius 1 is 1.33 bits per heavy atom. The number of furan rings is 1. The summed E-state index contributed by atoms with van der Waals surface area (Å²) in [5, 5.41) is 0. The first-order chi connectivity index (χ1) is 11.7. The predicted octanol–water partition coefficient (Wildman–Crippen LogP) is 3.02. The van der Waals surface area contributed by atoms with Crippen LogP contribution < -0.4 is 4.74 Å². The van der Waals surface area contributed by atoms with Crippen molar-refractivity contribution < 1.29 is 18.3 Å². The molecule has 1 atom stereocenters. The van der Waals surface area contributed by atoms with Crippen LogP contribution >= 0.6 is 0 Å². The summed E-state index contributed by atoms with van der Waals surface area (Å²) in [6.07, 6.45) is 7.64. The minimum atomic E-state index is -0.423. The molecule has 5 nitrogen and oxygen atoms in total. The minimum absolute atomic E-state index is 0.0699. The molecule has 6 heteroatoms. The van der Waals surface area contributed by atoms with Crippen LogP contribution in [-0.2, 0) is 11.3 Å². The van der Waals surface area contributed by atoms with E-state index in [1.54, 1.807) is 24.8 Å². The molecule has 0 amide bonds. The molecule has 0 radical (unpaired) electrons. The van der Waals surface area contributed by atoms with Crippen molar-refractivity contribution in [3.8, 4) is 5.88 Å². The predicted molar refractivity (Wildman–Crippen MR) is 85.1 cm³/mol. The molecule has 128 valence electrons. The van der Waals surface area contributed by atoms with Crippen LogP contribution in [-0.4, -0.2) is 41.3 Å². The Kier molecular flexibility index (Phi) is 4.24. The molecule has 0 N–H and O–H groups in total. The number of aromatic nitrogens is 1. The lowest BCUT2D eigenvalue weighted by atomic mass is 9.88. The lowest BCUT2D eigenvalue weighted by molar-refractivity contribution is -0.0455. The van der Waals surface area contributed by atoms with Crippen molar-refractivity contribution in [2.24, 2.45) is 0 Å². The number of ether oxygens (including phenoxy) is 2. The highest BCUT2D eigenvalue weighted by molar-refractivity contribution is 5.14. The number of hydrogen-bond acceptors (Lipinski definition) is 5. The summed E-state index contributed by atoms with van der Waals surface area (Å²) in [6.45, 7) is 3.37. The van der Waals surface area contributed by atoms with Crippen molar-refractivity contribution in [1.82, 2.24) is 9.88 Å². The van der Waals surface area contributed by atoms with Crippen LogP contribution in [0, 0.1) is 5.82 Å². The summed E-state index contributed by atoms with van der Waals surface area (Å²) in [4.78, 5) is 6.37. The van der Waals surface area contributed by atoms with E-state index in [1.807, 2.05) is 6.07 Å². The van der Waals surface area contributed by atoms with Gasteiger partial charge >= 0.3 is 0 Å². The average molecular weight is 332 g/mol. The first-order valence-corrected chi connectivity index (χ1v) is 8.37. The summed E-state index contributed by atoms with van der Waals surface area (Å²) in [6, 6.07) is 4.93. The molecule has 2 aromatic heterocycles. The molecular weight excluding hydrogens is 311 g/mol. The second kappa shape index (κ2) is 6.53. The Labute approximate surface area is 140 Å². The molecule has 0 unspecified atom stereocenters. The Hall–Kier alpha value is -1.92. The highest BCUT2D eigenvalue weighted by Gasteiger charge is 2.43. The molecule has 24 heavy (non-hydrogen) atoms. The van der Waals surface area contributed by atoms with Crippen LogP contribution in [0.5, 0.6) is 5.88 Å². The molecular formula is C18H21FN2O3. The van der Waals surface area contributed by atoms with Crippen molar-refractivity contribution in [3.63, 3.8) is 0 Å². The van der Waals surface area contributed by atoms with Crippen molar-refractivity contribution in [2.75, 3.05) is 19.7 Å².